The van der Waals surface area contributed by atoms with Crippen LogP contribution in [0.3, 0.4) is 0 Å². The summed E-state index contributed by atoms with van der Waals surface area (Å²) in [6.45, 7) is 2.90. The van der Waals surface area contributed by atoms with E-state index in [0.717, 1.165) is 36.0 Å². The lowest BCUT2D eigenvalue weighted by atomic mass is 10.2. The molecule has 0 radical (unpaired) electrons. The van der Waals surface area contributed by atoms with Gasteiger partial charge in [0.2, 0.25) is 5.96 Å². The van der Waals surface area contributed by atoms with Gasteiger partial charge in [-0.25, -0.2) is 4.99 Å². The lowest BCUT2D eigenvalue weighted by Crippen LogP contribution is -2.53. The molecule has 0 unspecified atom stereocenters. The van der Waals surface area contributed by atoms with Crippen LogP contribution in [0.5, 0.6) is 11.5 Å². The van der Waals surface area contributed by atoms with Gasteiger partial charge in [-0.15, -0.1) is 0 Å². The molecule has 1 saturated heterocycles. The largest absolute Gasteiger partial charge is 0.497 e. The zero-order valence-corrected chi connectivity index (χ0v) is 20.0. The molecule has 0 aromatic heterocycles. The number of carbonyl (C=O) groups excluding carboxylic acids is 1. The SMILES string of the molecule is COc1ccc(N=C(NC(=O)c2ccc(Cl)cc2)N2CCN(c3ccccc3OC)CC2)cc1. The van der Waals surface area contributed by atoms with E-state index in [1.54, 1.807) is 38.5 Å². The molecule has 1 amide bonds. The molecular weight excluding hydrogens is 452 g/mol. The maximum absolute atomic E-state index is 13.0. The second-order valence-corrected chi connectivity index (χ2v) is 8.18. The van der Waals surface area contributed by atoms with Crippen molar-refractivity contribution in [1.82, 2.24) is 10.2 Å². The summed E-state index contributed by atoms with van der Waals surface area (Å²) in [5.41, 5.74) is 2.29. The highest BCUT2D eigenvalue weighted by atomic mass is 35.5. The number of hydrogen-bond acceptors (Lipinski definition) is 5. The molecular formula is C26H27ClN4O3. The minimum atomic E-state index is -0.240. The molecule has 1 aliphatic heterocycles. The predicted molar refractivity (Wildman–Crippen MR) is 136 cm³/mol. The third-order valence-corrected chi connectivity index (χ3v) is 5.90. The quantitative estimate of drug-likeness (QED) is 0.429. The molecule has 0 aliphatic carbocycles. The van der Waals surface area contributed by atoms with E-state index in [9.17, 15) is 4.79 Å². The zero-order valence-electron chi connectivity index (χ0n) is 19.2. The van der Waals surface area contributed by atoms with Gasteiger partial charge in [-0.2, -0.15) is 0 Å². The van der Waals surface area contributed by atoms with E-state index >= 15 is 0 Å². The predicted octanol–water partition coefficient (Wildman–Crippen LogP) is 4.60. The Hall–Kier alpha value is -3.71. The summed E-state index contributed by atoms with van der Waals surface area (Å²) < 4.78 is 10.8. The fourth-order valence-corrected chi connectivity index (χ4v) is 3.91. The van der Waals surface area contributed by atoms with Crippen LogP contribution in [0.25, 0.3) is 0 Å². The van der Waals surface area contributed by atoms with E-state index in [4.69, 9.17) is 26.1 Å². The molecule has 34 heavy (non-hydrogen) atoms. The number of guanidine groups is 1. The van der Waals surface area contributed by atoms with Gasteiger partial charge < -0.3 is 19.3 Å². The van der Waals surface area contributed by atoms with Crippen LogP contribution in [0, 0.1) is 0 Å². The molecule has 7 nitrogen and oxygen atoms in total. The molecule has 1 aliphatic rings. The van der Waals surface area contributed by atoms with Crippen LogP contribution in [-0.2, 0) is 0 Å². The van der Waals surface area contributed by atoms with Crippen LogP contribution in [0.4, 0.5) is 11.4 Å². The lowest BCUT2D eigenvalue weighted by Gasteiger charge is -2.38. The first-order valence-electron chi connectivity index (χ1n) is 11.0. The number of halogens is 1. The Morgan fingerprint density at radius 3 is 2.21 bits per heavy atom. The summed E-state index contributed by atoms with van der Waals surface area (Å²) in [6.07, 6.45) is 0. The Bertz CT molecular complexity index is 1140. The van der Waals surface area contributed by atoms with Gasteiger partial charge in [-0.1, -0.05) is 23.7 Å². The molecule has 0 spiro atoms. The number of methoxy groups -OCH3 is 2. The monoisotopic (exact) mass is 478 g/mol. The zero-order chi connectivity index (χ0) is 23.9. The summed E-state index contributed by atoms with van der Waals surface area (Å²) in [4.78, 5) is 22.1. The van der Waals surface area contributed by atoms with Crippen LogP contribution in [0.1, 0.15) is 10.4 Å². The summed E-state index contributed by atoms with van der Waals surface area (Å²) in [5, 5.41) is 3.58. The second-order valence-electron chi connectivity index (χ2n) is 7.74. The Balaban J connectivity index is 1.54. The van der Waals surface area contributed by atoms with Gasteiger partial charge in [-0.05, 0) is 60.7 Å². The second kappa shape index (κ2) is 10.9. The fourth-order valence-electron chi connectivity index (χ4n) is 3.78. The van der Waals surface area contributed by atoms with Crippen molar-refractivity contribution in [2.75, 3.05) is 45.3 Å². The Morgan fingerprint density at radius 2 is 1.56 bits per heavy atom. The standard InChI is InChI=1S/C26H27ClN4O3/c1-33-22-13-11-21(12-14-22)28-26(29-25(32)19-7-9-20(27)10-8-19)31-17-15-30(16-18-31)23-5-3-4-6-24(23)34-2/h3-14H,15-18H2,1-2H3,(H,28,29,32). The molecule has 1 fully saturated rings. The number of nitrogens with zero attached hydrogens (tertiary/aromatic N) is 3. The van der Waals surface area contributed by atoms with Crippen molar-refractivity contribution in [3.8, 4) is 11.5 Å². The molecule has 3 aromatic rings. The van der Waals surface area contributed by atoms with Gasteiger partial charge >= 0.3 is 0 Å². The molecule has 3 aromatic carbocycles. The molecule has 176 valence electrons. The molecule has 0 atom stereocenters. The van der Waals surface area contributed by atoms with E-state index in [1.807, 2.05) is 42.5 Å². The van der Waals surface area contributed by atoms with Crippen molar-refractivity contribution < 1.29 is 14.3 Å². The summed E-state index contributed by atoms with van der Waals surface area (Å²) in [7, 11) is 3.30. The van der Waals surface area contributed by atoms with Crippen LogP contribution in [-0.4, -0.2) is 57.2 Å². The van der Waals surface area contributed by atoms with Gasteiger partial charge in [0.1, 0.15) is 11.5 Å². The number of amides is 1. The average Bonchev–Trinajstić information content (AvgIpc) is 2.89. The lowest BCUT2D eigenvalue weighted by molar-refractivity contribution is 0.0972. The summed E-state index contributed by atoms with van der Waals surface area (Å²) in [6, 6.07) is 22.2. The number of nitrogens with one attached hydrogen (secondary N) is 1. The highest BCUT2D eigenvalue weighted by Crippen LogP contribution is 2.28. The maximum atomic E-state index is 13.0. The molecule has 1 N–H and O–H groups in total. The number of carbonyl (C=O) groups is 1. The first kappa shape index (κ1) is 23.4. The number of benzene rings is 3. The maximum Gasteiger partial charge on any atom is 0.257 e. The molecule has 0 saturated carbocycles. The van der Waals surface area contributed by atoms with Crippen molar-refractivity contribution in [1.29, 1.82) is 0 Å². The number of piperazine rings is 1. The molecule has 8 heteroatoms. The first-order chi connectivity index (χ1) is 16.6. The number of aliphatic imine (C=N–C) groups is 1. The number of rotatable bonds is 5. The number of anilines is 1. The van der Waals surface area contributed by atoms with Crippen molar-refractivity contribution in [3.63, 3.8) is 0 Å². The van der Waals surface area contributed by atoms with Crippen LogP contribution < -0.4 is 19.7 Å². The van der Waals surface area contributed by atoms with Gasteiger partial charge in [0.15, 0.2) is 0 Å². The summed E-state index contributed by atoms with van der Waals surface area (Å²) in [5.74, 6) is 1.86. The Labute approximate surface area is 204 Å². The number of hydrogen-bond donors (Lipinski definition) is 1. The third kappa shape index (κ3) is 5.61. The van der Waals surface area contributed by atoms with Crippen molar-refractivity contribution in [2.24, 2.45) is 4.99 Å². The van der Waals surface area contributed by atoms with Crippen LogP contribution in [0.2, 0.25) is 5.02 Å². The van der Waals surface area contributed by atoms with Crippen molar-refractivity contribution in [3.05, 3.63) is 83.4 Å². The van der Waals surface area contributed by atoms with Crippen molar-refractivity contribution in [2.45, 2.75) is 0 Å². The van der Waals surface area contributed by atoms with Crippen molar-refractivity contribution >= 4 is 34.8 Å². The third-order valence-electron chi connectivity index (χ3n) is 5.64. The Morgan fingerprint density at radius 1 is 0.882 bits per heavy atom. The smallest absolute Gasteiger partial charge is 0.257 e. The highest BCUT2D eigenvalue weighted by Gasteiger charge is 2.23. The fraction of sp³-hybridized carbons (Fsp3) is 0.231. The van der Waals surface area contributed by atoms with E-state index in [2.05, 4.69) is 21.2 Å². The van der Waals surface area contributed by atoms with Gasteiger partial charge in [0, 0.05) is 36.8 Å². The van der Waals surface area contributed by atoms with Gasteiger partial charge in [0.25, 0.3) is 5.91 Å². The minimum absolute atomic E-state index is 0.240. The van der Waals surface area contributed by atoms with E-state index in [0.29, 0.717) is 29.6 Å². The Kier molecular flexibility index (Phi) is 7.54. The van der Waals surface area contributed by atoms with E-state index in [-0.39, 0.29) is 5.91 Å². The molecule has 0 bridgehead atoms. The van der Waals surface area contributed by atoms with E-state index < -0.39 is 0 Å². The van der Waals surface area contributed by atoms with Gasteiger partial charge in [0.05, 0.1) is 25.6 Å². The van der Waals surface area contributed by atoms with E-state index in [1.165, 1.54) is 0 Å². The average molecular weight is 479 g/mol. The van der Waals surface area contributed by atoms with Gasteiger partial charge in [-0.3, -0.25) is 10.1 Å². The normalized spacial score (nSPS) is 14.0. The topological polar surface area (TPSA) is 66.4 Å². The molecule has 4 rings (SSSR count). The molecule has 1 heterocycles. The minimum Gasteiger partial charge on any atom is -0.497 e. The highest BCUT2D eigenvalue weighted by molar-refractivity contribution is 6.30. The first-order valence-corrected chi connectivity index (χ1v) is 11.4. The van der Waals surface area contributed by atoms with Crippen LogP contribution >= 0.6 is 11.6 Å². The van der Waals surface area contributed by atoms with Crippen LogP contribution in [0.15, 0.2) is 77.8 Å². The number of para-hydroxylation sites is 2. The number of ether oxygens (including phenoxy) is 2. The summed E-state index contributed by atoms with van der Waals surface area (Å²) >= 11 is 5.97.